The summed E-state index contributed by atoms with van der Waals surface area (Å²) in [6.45, 7) is 1.72. The first kappa shape index (κ1) is 14.8. The number of nitro groups is 1. The number of ether oxygens (including phenoxy) is 1. The summed E-state index contributed by atoms with van der Waals surface area (Å²) < 4.78 is 5.03. The highest BCUT2D eigenvalue weighted by Crippen LogP contribution is 2.38. The quantitative estimate of drug-likeness (QED) is 0.563. The SMILES string of the molecule is COc1ccc2[nH]c(C)c(CC(N)C(=O)O)c2c1[N+](=O)[O-]. The van der Waals surface area contributed by atoms with Crippen molar-refractivity contribution in [2.45, 2.75) is 19.4 Å². The molecule has 21 heavy (non-hydrogen) atoms. The summed E-state index contributed by atoms with van der Waals surface area (Å²) in [7, 11) is 1.34. The topological polar surface area (TPSA) is 131 Å². The maximum Gasteiger partial charge on any atom is 0.320 e. The molecule has 1 aromatic carbocycles. The van der Waals surface area contributed by atoms with Crippen molar-refractivity contribution in [3.05, 3.63) is 33.5 Å². The van der Waals surface area contributed by atoms with Crippen LogP contribution in [-0.4, -0.2) is 34.1 Å². The highest BCUT2D eigenvalue weighted by Gasteiger charge is 2.26. The zero-order valence-electron chi connectivity index (χ0n) is 11.5. The molecular formula is C13H15N3O5. The van der Waals surface area contributed by atoms with Crippen LogP contribution in [0.2, 0.25) is 0 Å². The zero-order valence-corrected chi connectivity index (χ0v) is 11.5. The van der Waals surface area contributed by atoms with Gasteiger partial charge in [-0.3, -0.25) is 14.9 Å². The molecule has 112 valence electrons. The first-order chi connectivity index (χ1) is 9.86. The third-order valence-corrected chi connectivity index (χ3v) is 3.36. The number of aryl methyl sites for hydroxylation is 1. The van der Waals surface area contributed by atoms with Crippen LogP contribution in [-0.2, 0) is 11.2 Å². The summed E-state index contributed by atoms with van der Waals surface area (Å²) in [5.74, 6) is -1.04. The van der Waals surface area contributed by atoms with E-state index >= 15 is 0 Å². The number of fused-ring (bicyclic) bond motifs is 1. The summed E-state index contributed by atoms with van der Waals surface area (Å²) in [6, 6.07) is 2.02. The molecule has 0 amide bonds. The van der Waals surface area contributed by atoms with Gasteiger partial charge in [0.15, 0.2) is 5.75 Å². The van der Waals surface area contributed by atoms with Crippen molar-refractivity contribution in [2.75, 3.05) is 7.11 Å². The minimum atomic E-state index is -1.16. The Hall–Kier alpha value is -2.61. The Morgan fingerprint density at radius 1 is 1.57 bits per heavy atom. The average Bonchev–Trinajstić information content (AvgIpc) is 2.73. The van der Waals surface area contributed by atoms with Gasteiger partial charge in [0.1, 0.15) is 6.04 Å². The second-order valence-electron chi connectivity index (χ2n) is 4.67. The summed E-state index contributed by atoms with van der Waals surface area (Å²) in [5, 5.41) is 20.6. The maximum atomic E-state index is 11.3. The first-order valence-corrected chi connectivity index (χ1v) is 6.17. The monoisotopic (exact) mass is 293 g/mol. The predicted octanol–water partition coefficient (Wildman–Crippen LogP) is 1.35. The normalized spacial score (nSPS) is 12.3. The Kier molecular flexibility index (Phi) is 3.81. The number of aromatic amines is 1. The molecule has 0 saturated heterocycles. The molecule has 8 heteroatoms. The third-order valence-electron chi connectivity index (χ3n) is 3.36. The maximum absolute atomic E-state index is 11.3. The lowest BCUT2D eigenvalue weighted by Crippen LogP contribution is -2.32. The van der Waals surface area contributed by atoms with Crippen LogP contribution in [0.15, 0.2) is 12.1 Å². The van der Waals surface area contributed by atoms with Crippen molar-refractivity contribution in [1.29, 1.82) is 0 Å². The number of aromatic nitrogens is 1. The Bertz CT molecular complexity index is 722. The van der Waals surface area contributed by atoms with Crippen LogP contribution in [0, 0.1) is 17.0 Å². The van der Waals surface area contributed by atoms with E-state index in [0.29, 0.717) is 22.2 Å². The van der Waals surface area contributed by atoms with Crippen molar-refractivity contribution in [1.82, 2.24) is 4.98 Å². The van der Waals surface area contributed by atoms with Crippen LogP contribution < -0.4 is 10.5 Å². The zero-order chi connectivity index (χ0) is 15.7. The summed E-state index contributed by atoms with van der Waals surface area (Å²) in [4.78, 5) is 24.7. The van der Waals surface area contributed by atoms with Crippen molar-refractivity contribution in [3.8, 4) is 5.75 Å². The number of nitrogens with zero attached hydrogens (tertiary/aromatic N) is 1. The van der Waals surface area contributed by atoms with E-state index in [-0.39, 0.29) is 17.9 Å². The standard InChI is InChI=1S/C13H15N3O5/c1-6-7(5-8(14)13(17)18)11-9(15-6)3-4-10(21-2)12(11)16(19)20/h3-4,8,15H,5,14H2,1-2H3,(H,17,18). The minimum absolute atomic E-state index is 0.00479. The van der Waals surface area contributed by atoms with E-state index in [9.17, 15) is 14.9 Å². The number of carboxylic acids is 1. The van der Waals surface area contributed by atoms with E-state index in [2.05, 4.69) is 4.98 Å². The molecule has 0 aliphatic heterocycles. The molecule has 0 aliphatic rings. The second kappa shape index (κ2) is 5.41. The highest BCUT2D eigenvalue weighted by atomic mass is 16.6. The van der Waals surface area contributed by atoms with Crippen LogP contribution in [0.3, 0.4) is 0 Å². The number of nitrogens with one attached hydrogen (secondary N) is 1. The van der Waals surface area contributed by atoms with Crippen molar-refractivity contribution < 1.29 is 19.6 Å². The molecular weight excluding hydrogens is 278 g/mol. The molecule has 1 atom stereocenters. The van der Waals surface area contributed by atoms with Gasteiger partial charge in [-0.15, -0.1) is 0 Å². The first-order valence-electron chi connectivity index (χ1n) is 6.17. The van der Waals surface area contributed by atoms with Crippen LogP contribution >= 0.6 is 0 Å². The fourth-order valence-corrected chi connectivity index (χ4v) is 2.35. The van der Waals surface area contributed by atoms with E-state index in [0.717, 1.165) is 0 Å². The van der Waals surface area contributed by atoms with Gasteiger partial charge in [0.25, 0.3) is 0 Å². The fraction of sp³-hybridized carbons (Fsp3) is 0.308. The highest BCUT2D eigenvalue weighted by molar-refractivity contribution is 5.96. The average molecular weight is 293 g/mol. The number of carbonyl (C=O) groups is 1. The molecule has 0 saturated carbocycles. The Morgan fingerprint density at radius 3 is 2.76 bits per heavy atom. The molecule has 1 unspecified atom stereocenters. The number of H-pyrrole nitrogens is 1. The van der Waals surface area contributed by atoms with E-state index in [1.54, 1.807) is 13.0 Å². The van der Waals surface area contributed by atoms with Crippen molar-refractivity contribution in [2.24, 2.45) is 5.73 Å². The molecule has 2 rings (SSSR count). The molecule has 8 nitrogen and oxygen atoms in total. The third kappa shape index (κ3) is 2.52. The van der Waals surface area contributed by atoms with Gasteiger partial charge in [-0.25, -0.2) is 0 Å². The van der Waals surface area contributed by atoms with E-state index in [1.807, 2.05) is 0 Å². The van der Waals surface area contributed by atoms with Gasteiger partial charge in [0, 0.05) is 12.1 Å². The van der Waals surface area contributed by atoms with Crippen LogP contribution in [0.25, 0.3) is 10.9 Å². The number of aliphatic carboxylic acids is 1. The van der Waals surface area contributed by atoms with E-state index in [1.165, 1.54) is 13.2 Å². The summed E-state index contributed by atoms with van der Waals surface area (Å²) in [5.41, 5.74) is 7.08. The van der Waals surface area contributed by atoms with E-state index in [4.69, 9.17) is 15.6 Å². The van der Waals surface area contributed by atoms with Gasteiger partial charge >= 0.3 is 11.7 Å². The van der Waals surface area contributed by atoms with Gasteiger partial charge in [-0.05, 0) is 24.6 Å². The van der Waals surface area contributed by atoms with Crippen molar-refractivity contribution in [3.63, 3.8) is 0 Å². The number of rotatable bonds is 5. The molecule has 1 aromatic heterocycles. The van der Waals surface area contributed by atoms with Gasteiger partial charge in [0.05, 0.1) is 22.9 Å². The Balaban J connectivity index is 2.72. The van der Waals surface area contributed by atoms with Gasteiger partial charge in [-0.1, -0.05) is 0 Å². The van der Waals surface area contributed by atoms with Crippen molar-refractivity contribution >= 4 is 22.6 Å². The number of methoxy groups -OCH3 is 1. The van der Waals surface area contributed by atoms with Gasteiger partial charge < -0.3 is 20.6 Å². The number of nitrogens with two attached hydrogens (primary N) is 1. The van der Waals surface area contributed by atoms with Gasteiger partial charge in [-0.2, -0.15) is 0 Å². The molecule has 1 heterocycles. The molecule has 4 N–H and O–H groups in total. The Labute approximate surface area is 119 Å². The number of benzene rings is 1. The van der Waals surface area contributed by atoms with Crippen LogP contribution in [0.1, 0.15) is 11.3 Å². The molecule has 0 radical (unpaired) electrons. The fourth-order valence-electron chi connectivity index (χ4n) is 2.35. The summed E-state index contributed by atoms with van der Waals surface area (Å²) in [6.07, 6.45) is -0.00479. The molecule has 0 bridgehead atoms. The lowest BCUT2D eigenvalue weighted by molar-refractivity contribution is -0.384. The Morgan fingerprint density at radius 2 is 2.24 bits per heavy atom. The number of carboxylic acid groups (broad SMARTS) is 1. The number of hydrogen-bond acceptors (Lipinski definition) is 5. The largest absolute Gasteiger partial charge is 0.490 e. The lowest BCUT2D eigenvalue weighted by Gasteiger charge is -2.08. The molecule has 2 aromatic rings. The van der Waals surface area contributed by atoms with Gasteiger partial charge in [0.2, 0.25) is 0 Å². The van der Waals surface area contributed by atoms with Crippen LogP contribution in [0.5, 0.6) is 5.75 Å². The lowest BCUT2D eigenvalue weighted by atomic mass is 10.0. The molecule has 0 aliphatic carbocycles. The molecule has 0 fully saturated rings. The second-order valence-corrected chi connectivity index (χ2v) is 4.67. The predicted molar refractivity (Wildman–Crippen MR) is 75.6 cm³/mol. The van der Waals surface area contributed by atoms with E-state index < -0.39 is 16.9 Å². The smallest absolute Gasteiger partial charge is 0.320 e. The minimum Gasteiger partial charge on any atom is -0.490 e. The van der Waals surface area contributed by atoms with Crippen LogP contribution in [0.4, 0.5) is 5.69 Å². The number of hydrogen-bond donors (Lipinski definition) is 3. The number of nitro benzene ring substituents is 1. The summed E-state index contributed by atoms with van der Waals surface area (Å²) >= 11 is 0. The molecule has 0 spiro atoms.